The van der Waals surface area contributed by atoms with Gasteiger partial charge in [0.2, 0.25) is 10.0 Å². The molecule has 0 saturated carbocycles. The zero-order valence-electron chi connectivity index (χ0n) is 12.7. The lowest BCUT2D eigenvalue weighted by Crippen LogP contribution is -2.32. The summed E-state index contributed by atoms with van der Waals surface area (Å²) in [5, 5.41) is 3.39. The molecule has 0 fully saturated rings. The highest BCUT2D eigenvalue weighted by Crippen LogP contribution is 2.12. The Labute approximate surface area is 123 Å². The molecule has 0 heterocycles. The Balaban J connectivity index is 2.22. The summed E-state index contributed by atoms with van der Waals surface area (Å²) in [6, 6.07) is 10.4. The van der Waals surface area contributed by atoms with Crippen molar-refractivity contribution in [1.29, 1.82) is 0 Å². The maximum Gasteiger partial charge on any atom is 0.211 e. The van der Waals surface area contributed by atoms with E-state index in [-0.39, 0.29) is 0 Å². The van der Waals surface area contributed by atoms with Gasteiger partial charge in [-0.2, -0.15) is 0 Å². The van der Waals surface area contributed by atoms with Crippen LogP contribution >= 0.6 is 0 Å². The highest BCUT2D eigenvalue weighted by atomic mass is 32.2. The van der Waals surface area contributed by atoms with Crippen molar-refractivity contribution in [3.8, 4) is 0 Å². The van der Waals surface area contributed by atoms with Gasteiger partial charge in [0, 0.05) is 19.6 Å². The van der Waals surface area contributed by atoms with Crippen LogP contribution in [0, 0.1) is 0 Å². The molecule has 0 radical (unpaired) electrons. The van der Waals surface area contributed by atoms with Gasteiger partial charge in [0.25, 0.3) is 0 Å². The molecule has 0 amide bonds. The minimum atomic E-state index is -3.06. The molecule has 0 aliphatic rings. The molecule has 1 aromatic rings. The zero-order valence-corrected chi connectivity index (χ0v) is 13.5. The number of nitrogens with zero attached hydrogens (tertiary/aromatic N) is 1. The van der Waals surface area contributed by atoms with E-state index in [1.54, 1.807) is 0 Å². The normalized spacial score (nSPS) is 13.6. The van der Waals surface area contributed by atoms with Crippen LogP contribution in [0.1, 0.15) is 31.7 Å². The molecule has 0 aromatic heterocycles. The van der Waals surface area contributed by atoms with Crippen LogP contribution in [0.2, 0.25) is 0 Å². The Morgan fingerprint density at radius 2 is 1.90 bits per heavy atom. The molecule has 1 N–H and O–H groups in total. The van der Waals surface area contributed by atoms with Crippen molar-refractivity contribution < 1.29 is 8.42 Å². The van der Waals surface area contributed by atoms with Gasteiger partial charge >= 0.3 is 0 Å². The van der Waals surface area contributed by atoms with Gasteiger partial charge in [-0.05, 0) is 24.4 Å². The van der Waals surface area contributed by atoms with Crippen molar-refractivity contribution in [2.45, 2.75) is 26.2 Å². The second-order valence-corrected chi connectivity index (χ2v) is 7.11. The standard InChI is InChI=1S/C15H26N2O2S/c1-4-17(20(3,18)19)12-8-11-16-13-14(2)15-9-6-5-7-10-15/h5-7,9-10,14,16H,4,8,11-13H2,1-3H3. The van der Waals surface area contributed by atoms with Gasteiger partial charge < -0.3 is 5.32 Å². The predicted molar refractivity (Wildman–Crippen MR) is 84.4 cm³/mol. The summed E-state index contributed by atoms with van der Waals surface area (Å²) < 4.78 is 24.4. The predicted octanol–water partition coefficient (Wildman–Crippen LogP) is 2.05. The van der Waals surface area contributed by atoms with Gasteiger partial charge in [0.15, 0.2) is 0 Å². The summed E-state index contributed by atoms with van der Waals surface area (Å²) in [7, 11) is -3.06. The van der Waals surface area contributed by atoms with Gasteiger partial charge in [-0.25, -0.2) is 12.7 Å². The summed E-state index contributed by atoms with van der Waals surface area (Å²) >= 11 is 0. The molecule has 114 valence electrons. The van der Waals surface area contributed by atoms with Gasteiger partial charge in [0.1, 0.15) is 0 Å². The third-order valence-corrected chi connectivity index (χ3v) is 4.78. The Morgan fingerprint density at radius 1 is 1.25 bits per heavy atom. The van der Waals surface area contributed by atoms with Crippen molar-refractivity contribution in [2.75, 3.05) is 32.4 Å². The Kier molecular flexibility index (Phi) is 7.19. The van der Waals surface area contributed by atoms with Crippen LogP contribution in [0.3, 0.4) is 0 Å². The first kappa shape index (κ1) is 17.1. The summed E-state index contributed by atoms with van der Waals surface area (Å²) in [4.78, 5) is 0. The first-order chi connectivity index (χ1) is 9.45. The lowest BCUT2D eigenvalue weighted by atomic mass is 10.0. The maximum absolute atomic E-state index is 11.4. The van der Waals surface area contributed by atoms with Gasteiger partial charge in [-0.3, -0.25) is 0 Å². The molecular formula is C15H26N2O2S. The SMILES string of the molecule is CCN(CCCNCC(C)c1ccccc1)S(C)(=O)=O. The monoisotopic (exact) mass is 298 g/mol. The quantitative estimate of drug-likeness (QED) is 0.710. The minimum absolute atomic E-state index is 0.466. The summed E-state index contributed by atoms with van der Waals surface area (Å²) in [5.41, 5.74) is 1.33. The van der Waals surface area contributed by atoms with E-state index in [1.165, 1.54) is 16.1 Å². The van der Waals surface area contributed by atoms with Crippen molar-refractivity contribution >= 4 is 10.0 Å². The molecular weight excluding hydrogens is 272 g/mol. The highest BCUT2D eigenvalue weighted by Gasteiger charge is 2.13. The summed E-state index contributed by atoms with van der Waals surface area (Å²) in [6.07, 6.45) is 2.10. The number of hydrogen-bond donors (Lipinski definition) is 1. The first-order valence-corrected chi connectivity index (χ1v) is 9.00. The molecule has 5 heteroatoms. The van der Waals surface area contributed by atoms with E-state index < -0.39 is 10.0 Å². The molecule has 0 bridgehead atoms. The average Bonchev–Trinajstić information content (AvgIpc) is 2.42. The van der Waals surface area contributed by atoms with Crippen molar-refractivity contribution in [1.82, 2.24) is 9.62 Å². The van der Waals surface area contributed by atoms with Crippen LogP contribution in [0.25, 0.3) is 0 Å². The molecule has 1 atom stereocenters. The Morgan fingerprint density at radius 3 is 2.45 bits per heavy atom. The second kappa shape index (κ2) is 8.39. The highest BCUT2D eigenvalue weighted by molar-refractivity contribution is 7.88. The number of rotatable bonds is 9. The van der Waals surface area contributed by atoms with E-state index in [0.29, 0.717) is 19.0 Å². The topological polar surface area (TPSA) is 49.4 Å². The first-order valence-electron chi connectivity index (χ1n) is 7.16. The van der Waals surface area contributed by atoms with E-state index in [0.717, 1.165) is 19.5 Å². The molecule has 0 aliphatic heterocycles. The van der Waals surface area contributed by atoms with Crippen molar-refractivity contribution in [3.63, 3.8) is 0 Å². The Bertz CT molecular complexity index is 474. The number of nitrogens with one attached hydrogen (secondary N) is 1. The largest absolute Gasteiger partial charge is 0.316 e. The van der Waals surface area contributed by atoms with Crippen LogP contribution in [0.5, 0.6) is 0 Å². The van der Waals surface area contributed by atoms with Crippen molar-refractivity contribution in [2.24, 2.45) is 0 Å². The number of hydrogen-bond acceptors (Lipinski definition) is 3. The average molecular weight is 298 g/mol. The molecule has 4 nitrogen and oxygen atoms in total. The molecule has 20 heavy (non-hydrogen) atoms. The van der Waals surface area contributed by atoms with Crippen LogP contribution in [-0.2, 0) is 10.0 Å². The van der Waals surface area contributed by atoms with Crippen LogP contribution in [0.4, 0.5) is 0 Å². The van der Waals surface area contributed by atoms with Gasteiger partial charge in [-0.1, -0.05) is 44.2 Å². The van der Waals surface area contributed by atoms with E-state index in [4.69, 9.17) is 0 Å². The number of sulfonamides is 1. The fourth-order valence-corrected chi connectivity index (χ4v) is 3.09. The second-order valence-electron chi connectivity index (χ2n) is 5.12. The summed E-state index contributed by atoms with van der Waals surface area (Å²) in [5.74, 6) is 0.466. The lowest BCUT2D eigenvalue weighted by molar-refractivity contribution is 0.418. The number of benzene rings is 1. The third kappa shape index (κ3) is 6.03. The maximum atomic E-state index is 11.4. The van der Waals surface area contributed by atoms with Crippen molar-refractivity contribution in [3.05, 3.63) is 35.9 Å². The molecule has 1 rings (SSSR count). The van der Waals surface area contributed by atoms with E-state index in [1.807, 2.05) is 13.0 Å². The molecule has 0 saturated heterocycles. The van der Waals surface area contributed by atoms with E-state index >= 15 is 0 Å². The molecule has 0 aliphatic carbocycles. The smallest absolute Gasteiger partial charge is 0.211 e. The summed E-state index contributed by atoms with van der Waals surface area (Å²) in [6.45, 7) is 6.93. The van der Waals surface area contributed by atoms with E-state index in [9.17, 15) is 8.42 Å². The minimum Gasteiger partial charge on any atom is -0.316 e. The van der Waals surface area contributed by atoms with Gasteiger partial charge in [-0.15, -0.1) is 0 Å². The fourth-order valence-electron chi connectivity index (χ4n) is 2.16. The fraction of sp³-hybridized carbons (Fsp3) is 0.600. The van der Waals surface area contributed by atoms with Crippen LogP contribution in [-0.4, -0.2) is 45.2 Å². The third-order valence-electron chi connectivity index (χ3n) is 3.40. The molecule has 1 aromatic carbocycles. The Hall–Kier alpha value is -0.910. The van der Waals surface area contributed by atoms with Crippen LogP contribution < -0.4 is 5.32 Å². The van der Waals surface area contributed by atoms with E-state index in [2.05, 4.69) is 36.5 Å². The zero-order chi connectivity index (χ0) is 15.0. The van der Waals surface area contributed by atoms with Crippen LogP contribution in [0.15, 0.2) is 30.3 Å². The van der Waals surface area contributed by atoms with Gasteiger partial charge in [0.05, 0.1) is 6.26 Å². The lowest BCUT2D eigenvalue weighted by Gasteiger charge is -2.18. The molecule has 1 unspecified atom stereocenters. The molecule has 0 spiro atoms.